The maximum absolute atomic E-state index is 13.3. The lowest BCUT2D eigenvalue weighted by Gasteiger charge is -2.22. The van der Waals surface area contributed by atoms with Gasteiger partial charge in [0, 0.05) is 37.8 Å². The molecule has 0 amide bonds. The van der Waals surface area contributed by atoms with Crippen molar-refractivity contribution in [1.82, 2.24) is 14.4 Å². The number of hydrogen-bond acceptors (Lipinski definition) is 5. The zero-order chi connectivity index (χ0) is 27.9. The van der Waals surface area contributed by atoms with Crippen LogP contribution in [0.4, 0.5) is 4.39 Å². The van der Waals surface area contributed by atoms with Crippen molar-refractivity contribution in [3.63, 3.8) is 0 Å². The average Bonchev–Trinajstić information content (AvgIpc) is 3.20. The lowest BCUT2D eigenvalue weighted by molar-refractivity contribution is 0.0474. The van der Waals surface area contributed by atoms with E-state index in [2.05, 4.69) is 14.4 Å². The quantitative estimate of drug-likeness (QED) is 0.228. The van der Waals surface area contributed by atoms with E-state index in [1.807, 2.05) is 67.7 Å². The largest absolute Gasteiger partial charge is 0.495 e. The van der Waals surface area contributed by atoms with Crippen LogP contribution in [0.2, 0.25) is 0 Å². The molecule has 210 valence electrons. The van der Waals surface area contributed by atoms with E-state index in [0.717, 1.165) is 92.0 Å². The number of aromatic nitrogens is 1. The average molecular weight is 544 g/mol. The number of carbonyl (C=O) groups excluding carboxylic acids is 1. The maximum atomic E-state index is 13.3. The number of methoxy groups -OCH3 is 1. The molecule has 5 rings (SSSR count). The fourth-order valence-corrected chi connectivity index (χ4v) is 5.54. The molecule has 0 radical (unpaired) electrons. The lowest BCUT2D eigenvalue weighted by atomic mass is 10.1. The molecule has 1 aromatic heterocycles. The molecule has 0 N–H and O–H groups in total. The third kappa shape index (κ3) is 6.72. The molecule has 0 unspecified atom stereocenters. The summed E-state index contributed by atoms with van der Waals surface area (Å²) in [6.45, 7) is 8.98. The van der Waals surface area contributed by atoms with E-state index in [-0.39, 0.29) is 18.4 Å². The Hall–Kier alpha value is -3.68. The highest BCUT2D eigenvalue weighted by atomic mass is 19.1. The van der Waals surface area contributed by atoms with Crippen LogP contribution < -0.4 is 4.74 Å². The highest BCUT2D eigenvalue weighted by Gasteiger charge is 2.20. The molecule has 3 aromatic carbocycles. The zero-order valence-electron chi connectivity index (χ0n) is 23.4. The summed E-state index contributed by atoms with van der Waals surface area (Å²) in [6, 6.07) is 20.6. The molecule has 0 bridgehead atoms. The predicted molar refractivity (Wildman–Crippen MR) is 156 cm³/mol. The number of halogens is 1. The van der Waals surface area contributed by atoms with Crippen molar-refractivity contribution in [2.75, 3.05) is 39.8 Å². The van der Waals surface area contributed by atoms with E-state index in [9.17, 15) is 9.18 Å². The van der Waals surface area contributed by atoms with Crippen molar-refractivity contribution >= 4 is 16.9 Å². The highest BCUT2D eigenvalue weighted by Crippen LogP contribution is 2.31. The Morgan fingerprint density at radius 1 is 0.900 bits per heavy atom. The number of benzene rings is 3. The molecule has 1 fully saturated rings. The van der Waals surface area contributed by atoms with E-state index in [4.69, 9.17) is 9.47 Å². The van der Waals surface area contributed by atoms with Crippen LogP contribution >= 0.6 is 0 Å². The van der Waals surface area contributed by atoms with Gasteiger partial charge in [-0.25, -0.2) is 9.18 Å². The van der Waals surface area contributed by atoms with Gasteiger partial charge in [0.1, 0.15) is 18.2 Å². The Bertz CT molecular complexity index is 1430. The van der Waals surface area contributed by atoms with Gasteiger partial charge in [0.2, 0.25) is 0 Å². The molecule has 1 aliphatic heterocycles. The number of aryl methyl sites for hydroxylation is 2. The molecule has 1 aliphatic rings. The number of rotatable bonds is 10. The Labute approximate surface area is 235 Å². The van der Waals surface area contributed by atoms with Gasteiger partial charge < -0.3 is 18.9 Å². The number of fused-ring (bicyclic) bond motifs is 1. The molecular formula is C33H38FN3O3. The number of esters is 1. The molecule has 7 heteroatoms. The van der Waals surface area contributed by atoms with Crippen molar-refractivity contribution in [2.45, 2.75) is 39.5 Å². The fourth-order valence-electron chi connectivity index (χ4n) is 5.54. The first-order chi connectivity index (χ1) is 19.5. The van der Waals surface area contributed by atoms with Crippen LogP contribution in [-0.2, 0) is 24.4 Å². The molecule has 4 aromatic rings. The Kier molecular flexibility index (Phi) is 9.14. The molecule has 0 atom stereocenters. The summed E-state index contributed by atoms with van der Waals surface area (Å²) in [4.78, 5) is 18.2. The van der Waals surface area contributed by atoms with Crippen LogP contribution in [0.1, 0.15) is 39.9 Å². The summed E-state index contributed by atoms with van der Waals surface area (Å²) in [5.74, 6) is 0.237. The third-order valence-corrected chi connectivity index (χ3v) is 7.80. The van der Waals surface area contributed by atoms with Crippen LogP contribution in [0.5, 0.6) is 5.75 Å². The molecule has 6 nitrogen and oxygen atoms in total. The smallest absolute Gasteiger partial charge is 0.340 e. The minimum atomic E-state index is -0.325. The Balaban J connectivity index is 1.21. The fraction of sp³-hybridized carbons (Fsp3) is 0.364. The van der Waals surface area contributed by atoms with E-state index in [0.29, 0.717) is 5.56 Å². The summed E-state index contributed by atoms with van der Waals surface area (Å²) in [5.41, 5.74) is 4.75. The van der Waals surface area contributed by atoms with E-state index in [1.165, 1.54) is 12.1 Å². The van der Waals surface area contributed by atoms with E-state index in [1.54, 1.807) is 7.11 Å². The molecular weight excluding hydrogens is 505 g/mol. The lowest BCUT2D eigenvalue weighted by Crippen LogP contribution is -2.31. The van der Waals surface area contributed by atoms with Crippen molar-refractivity contribution in [3.8, 4) is 5.75 Å². The SMILES string of the molecule is COc1cccc2c(C(=O)OCc3ccccc3C)cn(CCCN3CCCN(Cc4ccc(F)cc4)CC3)c12. The Morgan fingerprint density at radius 3 is 2.48 bits per heavy atom. The van der Waals surface area contributed by atoms with Gasteiger partial charge in [-0.1, -0.05) is 48.5 Å². The number of carbonyl (C=O) groups is 1. The van der Waals surface area contributed by atoms with Gasteiger partial charge in [-0.15, -0.1) is 0 Å². The summed E-state index contributed by atoms with van der Waals surface area (Å²) in [5, 5.41) is 0.848. The van der Waals surface area contributed by atoms with Crippen LogP contribution in [0.3, 0.4) is 0 Å². The number of ether oxygens (including phenoxy) is 2. The normalized spacial score (nSPS) is 14.8. The standard InChI is InChI=1S/C33H38FN3O3/c1-25-8-3-4-9-27(25)24-40-33(38)30-23-37(32-29(30)10-5-11-31(32)39-2)19-7-17-35-16-6-18-36(21-20-35)22-26-12-14-28(34)15-13-26/h3-5,8-15,23H,6-7,16-22,24H2,1-2H3. The van der Waals surface area contributed by atoms with Gasteiger partial charge in [-0.2, -0.15) is 0 Å². The second-order valence-corrected chi connectivity index (χ2v) is 10.5. The van der Waals surface area contributed by atoms with Gasteiger partial charge in [0.05, 0.1) is 18.2 Å². The summed E-state index contributed by atoms with van der Waals surface area (Å²) < 4.78 is 26.8. The summed E-state index contributed by atoms with van der Waals surface area (Å²) in [7, 11) is 1.66. The van der Waals surface area contributed by atoms with Crippen LogP contribution in [0, 0.1) is 12.7 Å². The predicted octanol–water partition coefficient (Wildman–Crippen LogP) is 6.05. The van der Waals surface area contributed by atoms with E-state index < -0.39 is 0 Å². The van der Waals surface area contributed by atoms with Gasteiger partial charge in [0.25, 0.3) is 0 Å². The molecule has 0 saturated carbocycles. The monoisotopic (exact) mass is 543 g/mol. The van der Waals surface area contributed by atoms with E-state index >= 15 is 0 Å². The van der Waals surface area contributed by atoms with Gasteiger partial charge >= 0.3 is 5.97 Å². The van der Waals surface area contributed by atoms with Crippen molar-refractivity contribution < 1.29 is 18.7 Å². The van der Waals surface area contributed by atoms with Gasteiger partial charge in [0.15, 0.2) is 0 Å². The Morgan fingerprint density at radius 2 is 1.68 bits per heavy atom. The second-order valence-electron chi connectivity index (χ2n) is 10.5. The van der Waals surface area contributed by atoms with Crippen molar-refractivity contribution in [3.05, 3.63) is 101 Å². The number of hydrogen-bond donors (Lipinski definition) is 0. The first kappa shape index (κ1) is 27.9. The highest BCUT2D eigenvalue weighted by molar-refractivity contribution is 6.06. The van der Waals surface area contributed by atoms with Gasteiger partial charge in [-0.3, -0.25) is 4.90 Å². The second kappa shape index (κ2) is 13.1. The molecule has 1 saturated heterocycles. The minimum absolute atomic E-state index is 0.190. The minimum Gasteiger partial charge on any atom is -0.495 e. The first-order valence-corrected chi connectivity index (χ1v) is 14.1. The van der Waals surface area contributed by atoms with Crippen LogP contribution in [-0.4, -0.2) is 60.2 Å². The molecule has 40 heavy (non-hydrogen) atoms. The summed E-state index contributed by atoms with van der Waals surface area (Å²) in [6.07, 6.45) is 3.98. The first-order valence-electron chi connectivity index (χ1n) is 14.1. The van der Waals surface area contributed by atoms with Crippen molar-refractivity contribution in [2.24, 2.45) is 0 Å². The number of nitrogens with zero attached hydrogens (tertiary/aromatic N) is 3. The van der Waals surface area contributed by atoms with Crippen molar-refractivity contribution in [1.29, 1.82) is 0 Å². The molecule has 2 heterocycles. The summed E-state index contributed by atoms with van der Waals surface area (Å²) >= 11 is 0. The maximum Gasteiger partial charge on any atom is 0.340 e. The molecule has 0 spiro atoms. The van der Waals surface area contributed by atoms with Crippen LogP contribution in [0.15, 0.2) is 72.9 Å². The topological polar surface area (TPSA) is 46.9 Å². The van der Waals surface area contributed by atoms with Gasteiger partial charge in [-0.05, 0) is 74.3 Å². The third-order valence-electron chi connectivity index (χ3n) is 7.80. The van der Waals surface area contributed by atoms with Crippen LogP contribution in [0.25, 0.3) is 10.9 Å². The molecule has 0 aliphatic carbocycles. The number of para-hydroxylation sites is 1. The zero-order valence-corrected chi connectivity index (χ0v) is 23.4.